The quantitative estimate of drug-likeness (QED) is 0.329. The van der Waals surface area contributed by atoms with E-state index < -0.39 is 0 Å². The van der Waals surface area contributed by atoms with Gasteiger partial charge in [-0.25, -0.2) is 0 Å². The van der Waals surface area contributed by atoms with Crippen LogP contribution in [0.4, 0.5) is 0 Å². The number of hydrogen-bond acceptors (Lipinski definition) is 7. The Bertz CT molecular complexity index is 1600. The average molecular weight is 480 g/mol. The first-order chi connectivity index (χ1) is 17.4. The number of allylic oxidation sites excluding steroid dienone is 2. The summed E-state index contributed by atoms with van der Waals surface area (Å²) >= 11 is 0. The second-order valence-corrected chi connectivity index (χ2v) is 8.46. The molecule has 8 nitrogen and oxygen atoms in total. The number of ketones is 1. The van der Waals surface area contributed by atoms with Crippen molar-refractivity contribution in [3.05, 3.63) is 95.6 Å². The van der Waals surface area contributed by atoms with Gasteiger partial charge in [0.15, 0.2) is 11.4 Å². The van der Waals surface area contributed by atoms with Crippen molar-refractivity contribution in [1.82, 2.24) is 19.6 Å². The molecule has 180 valence electrons. The van der Waals surface area contributed by atoms with Crippen LogP contribution in [0.5, 0.6) is 17.2 Å². The standard InChI is InChI=1S/C28H25N5O3/c1-17(29)28(18(2)34)22-14-23-24(15-25(22)35-3)33-26(31-32-27(33)16-30-23)13-19-9-11-21(12-10-19)36-20-7-5-4-6-8-20/h4-12,14-16H,13,29H2,1-3H3. The minimum absolute atomic E-state index is 0.140. The van der Waals surface area contributed by atoms with Gasteiger partial charge in [0.05, 0.1) is 24.3 Å². The Morgan fingerprint density at radius 1 is 0.972 bits per heavy atom. The predicted molar refractivity (Wildman–Crippen MR) is 138 cm³/mol. The second kappa shape index (κ2) is 9.50. The minimum atomic E-state index is -0.140. The Kier molecular flexibility index (Phi) is 6.08. The SMILES string of the molecule is COc1cc2c(cc1C(C(C)=O)=C(C)N)ncc1nnc(Cc3ccc(Oc4ccccc4)cc3)n12. The van der Waals surface area contributed by atoms with Crippen molar-refractivity contribution in [3.8, 4) is 17.2 Å². The van der Waals surface area contributed by atoms with Gasteiger partial charge in [-0.05, 0) is 49.7 Å². The highest BCUT2D eigenvalue weighted by atomic mass is 16.5. The van der Waals surface area contributed by atoms with E-state index in [1.807, 2.05) is 71.1 Å². The number of ether oxygens (including phenoxy) is 2. The summed E-state index contributed by atoms with van der Waals surface area (Å²) in [4.78, 5) is 16.8. The molecular formula is C28H25N5O3. The summed E-state index contributed by atoms with van der Waals surface area (Å²) in [6.07, 6.45) is 2.22. The van der Waals surface area contributed by atoms with E-state index in [9.17, 15) is 4.79 Å². The Labute approximate surface area is 208 Å². The molecular weight excluding hydrogens is 454 g/mol. The molecule has 0 fully saturated rings. The number of carbonyl (C=O) groups is 1. The predicted octanol–water partition coefficient (Wildman–Crippen LogP) is 4.95. The second-order valence-electron chi connectivity index (χ2n) is 8.46. The molecule has 5 aromatic rings. The van der Waals surface area contributed by atoms with Gasteiger partial charge in [-0.1, -0.05) is 30.3 Å². The van der Waals surface area contributed by atoms with Crippen LogP contribution in [0.25, 0.3) is 22.3 Å². The minimum Gasteiger partial charge on any atom is -0.496 e. The van der Waals surface area contributed by atoms with Crippen molar-refractivity contribution in [3.63, 3.8) is 0 Å². The number of methoxy groups -OCH3 is 1. The molecule has 2 N–H and O–H groups in total. The van der Waals surface area contributed by atoms with Gasteiger partial charge in [0.1, 0.15) is 23.1 Å². The van der Waals surface area contributed by atoms with Crippen LogP contribution in [0, 0.1) is 0 Å². The Morgan fingerprint density at radius 2 is 1.69 bits per heavy atom. The molecule has 8 heteroatoms. The van der Waals surface area contributed by atoms with E-state index in [4.69, 9.17) is 15.2 Å². The van der Waals surface area contributed by atoms with E-state index in [0.717, 1.165) is 28.4 Å². The molecule has 0 radical (unpaired) electrons. The van der Waals surface area contributed by atoms with E-state index in [0.29, 0.717) is 40.2 Å². The maximum Gasteiger partial charge on any atom is 0.179 e. The molecule has 0 spiro atoms. The summed E-state index contributed by atoms with van der Waals surface area (Å²) in [5.41, 5.74) is 10.6. The van der Waals surface area contributed by atoms with Crippen molar-refractivity contribution in [2.45, 2.75) is 20.3 Å². The van der Waals surface area contributed by atoms with Crippen molar-refractivity contribution < 1.29 is 14.3 Å². The highest BCUT2D eigenvalue weighted by Gasteiger charge is 2.19. The van der Waals surface area contributed by atoms with Gasteiger partial charge in [0.2, 0.25) is 0 Å². The summed E-state index contributed by atoms with van der Waals surface area (Å²) in [7, 11) is 1.56. The highest BCUT2D eigenvalue weighted by Crippen LogP contribution is 2.32. The first-order valence-electron chi connectivity index (χ1n) is 11.4. The summed E-state index contributed by atoms with van der Waals surface area (Å²) in [6.45, 7) is 3.19. The van der Waals surface area contributed by atoms with Crippen LogP contribution in [-0.2, 0) is 11.2 Å². The summed E-state index contributed by atoms with van der Waals surface area (Å²) in [5.74, 6) is 2.68. The molecule has 0 unspecified atom stereocenters. The number of aromatic nitrogens is 4. The van der Waals surface area contributed by atoms with Crippen LogP contribution in [-0.4, -0.2) is 32.5 Å². The van der Waals surface area contributed by atoms with E-state index in [2.05, 4.69) is 15.2 Å². The average Bonchev–Trinajstić information content (AvgIpc) is 3.28. The van der Waals surface area contributed by atoms with Crippen LogP contribution in [0.2, 0.25) is 0 Å². The lowest BCUT2D eigenvalue weighted by Crippen LogP contribution is -2.07. The molecule has 5 rings (SSSR count). The van der Waals surface area contributed by atoms with Crippen LogP contribution < -0.4 is 15.2 Å². The first kappa shape index (κ1) is 23.0. The monoisotopic (exact) mass is 479 g/mol. The molecule has 36 heavy (non-hydrogen) atoms. The number of carbonyl (C=O) groups excluding carboxylic acids is 1. The fourth-order valence-corrected chi connectivity index (χ4v) is 4.28. The van der Waals surface area contributed by atoms with Crippen LogP contribution in [0.3, 0.4) is 0 Å². The molecule has 0 amide bonds. The summed E-state index contributed by atoms with van der Waals surface area (Å²) < 4.78 is 13.5. The number of rotatable bonds is 7. The normalized spacial score (nSPS) is 12.0. The molecule has 0 aliphatic heterocycles. The maximum absolute atomic E-state index is 12.3. The van der Waals surface area contributed by atoms with Crippen molar-refractivity contribution in [2.24, 2.45) is 5.73 Å². The van der Waals surface area contributed by atoms with Crippen molar-refractivity contribution in [2.75, 3.05) is 7.11 Å². The number of para-hydroxylation sites is 1. The number of benzene rings is 3. The van der Waals surface area contributed by atoms with Crippen LogP contribution in [0.1, 0.15) is 30.8 Å². The van der Waals surface area contributed by atoms with Crippen molar-refractivity contribution >= 4 is 28.0 Å². The molecule has 0 atom stereocenters. The Morgan fingerprint density at radius 3 is 2.36 bits per heavy atom. The largest absolute Gasteiger partial charge is 0.496 e. The van der Waals surface area contributed by atoms with Gasteiger partial charge < -0.3 is 15.2 Å². The molecule has 0 saturated carbocycles. The number of hydrogen-bond donors (Lipinski definition) is 1. The van der Waals surface area contributed by atoms with Crippen LogP contribution in [0.15, 0.2) is 78.6 Å². The molecule has 0 aliphatic rings. The van der Waals surface area contributed by atoms with E-state index in [-0.39, 0.29) is 5.78 Å². The Balaban J connectivity index is 1.53. The lowest BCUT2D eigenvalue weighted by Gasteiger charge is -2.14. The zero-order valence-corrected chi connectivity index (χ0v) is 20.2. The maximum atomic E-state index is 12.3. The smallest absolute Gasteiger partial charge is 0.179 e. The molecule has 0 aliphatic carbocycles. The third-order valence-electron chi connectivity index (χ3n) is 5.89. The zero-order chi connectivity index (χ0) is 25.2. The topological polar surface area (TPSA) is 105 Å². The van der Waals surface area contributed by atoms with Gasteiger partial charge in [0, 0.05) is 29.3 Å². The number of nitrogens with zero attached hydrogens (tertiary/aromatic N) is 4. The number of Topliss-reactive ketones (excluding diaryl/α,β-unsaturated/α-hetero) is 1. The molecule has 2 heterocycles. The highest BCUT2D eigenvalue weighted by molar-refractivity contribution is 6.21. The van der Waals surface area contributed by atoms with Gasteiger partial charge in [-0.3, -0.25) is 14.2 Å². The van der Waals surface area contributed by atoms with Gasteiger partial charge in [-0.15, -0.1) is 10.2 Å². The number of nitrogens with two attached hydrogens (primary N) is 1. The van der Waals surface area contributed by atoms with E-state index in [1.165, 1.54) is 6.92 Å². The molecule has 3 aromatic carbocycles. The van der Waals surface area contributed by atoms with E-state index in [1.54, 1.807) is 20.2 Å². The first-order valence-corrected chi connectivity index (χ1v) is 11.4. The fraction of sp³-hybridized carbons (Fsp3) is 0.143. The van der Waals surface area contributed by atoms with Crippen LogP contribution >= 0.6 is 0 Å². The van der Waals surface area contributed by atoms with Gasteiger partial charge in [0.25, 0.3) is 0 Å². The third-order valence-corrected chi connectivity index (χ3v) is 5.89. The van der Waals surface area contributed by atoms with Gasteiger partial charge in [-0.2, -0.15) is 0 Å². The molecule has 0 bridgehead atoms. The lowest BCUT2D eigenvalue weighted by molar-refractivity contribution is -0.111. The third kappa shape index (κ3) is 4.36. The van der Waals surface area contributed by atoms with Gasteiger partial charge >= 0.3 is 0 Å². The van der Waals surface area contributed by atoms with Crippen molar-refractivity contribution in [1.29, 1.82) is 0 Å². The van der Waals surface area contributed by atoms with E-state index >= 15 is 0 Å². The summed E-state index contributed by atoms with van der Waals surface area (Å²) in [6, 6.07) is 21.2. The summed E-state index contributed by atoms with van der Waals surface area (Å²) in [5, 5.41) is 8.73. The lowest BCUT2D eigenvalue weighted by atomic mass is 9.99. The number of fused-ring (bicyclic) bond motifs is 3. The molecule has 2 aromatic heterocycles. The fourth-order valence-electron chi connectivity index (χ4n) is 4.28. The zero-order valence-electron chi connectivity index (χ0n) is 20.2. The Hall–Kier alpha value is -4.72. The molecule has 0 saturated heterocycles.